The molecule has 3 aliphatic rings. The molecule has 1 aliphatic carbocycles. The van der Waals surface area contributed by atoms with Crippen LogP contribution in [0.2, 0.25) is 0 Å². The van der Waals surface area contributed by atoms with E-state index in [2.05, 4.69) is 17.1 Å². The Kier molecular flexibility index (Phi) is 1.81. The molecule has 0 aromatic heterocycles. The summed E-state index contributed by atoms with van der Waals surface area (Å²) < 4.78 is 6.08. The lowest BCUT2D eigenvalue weighted by atomic mass is 9.96. The van der Waals surface area contributed by atoms with Crippen LogP contribution in [-0.2, 0) is 12.8 Å². The number of aryl methyl sites for hydroxylation is 2. The van der Waals surface area contributed by atoms with Gasteiger partial charge in [0.25, 0.3) is 0 Å². The van der Waals surface area contributed by atoms with E-state index in [4.69, 9.17) is 4.42 Å². The van der Waals surface area contributed by atoms with Crippen molar-refractivity contribution in [3.05, 3.63) is 41.7 Å². The number of hydrogen-bond donors (Lipinski definition) is 0. The van der Waals surface area contributed by atoms with Crippen LogP contribution in [0.1, 0.15) is 24.2 Å². The lowest BCUT2D eigenvalue weighted by molar-refractivity contribution is 0.467. The molecule has 0 saturated carbocycles. The first-order valence-electron chi connectivity index (χ1n) is 6.22. The Morgan fingerprint density at radius 2 is 1.94 bits per heavy atom. The van der Waals surface area contributed by atoms with Crippen LogP contribution in [0.4, 0.5) is 0 Å². The molecule has 0 bridgehead atoms. The highest BCUT2D eigenvalue weighted by atomic mass is 16.3. The molecule has 0 fully saturated rings. The molecule has 1 aromatic carbocycles. The molecule has 0 N–H and O–H groups in total. The fourth-order valence-corrected chi connectivity index (χ4v) is 2.75. The number of benzene rings is 1. The summed E-state index contributed by atoms with van der Waals surface area (Å²) in [5, 5.41) is 1.14. The third-order valence-electron chi connectivity index (χ3n) is 3.62. The van der Waals surface area contributed by atoms with Gasteiger partial charge in [0.1, 0.15) is 11.5 Å². The Balaban J connectivity index is 2.08. The van der Waals surface area contributed by atoms with Gasteiger partial charge in [0, 0.05) is 11.8 Å². The van der Waals surface area contributed by atoms with E-state index in [0.717, 1.165) is 35.2 Å². The van der Waals surface area contributed by atoms with E-state index in [1.54, 1.807) is 0 Å². The summed E-state index contributed by atoms with van der Waals surface area (Å²) in [5.41, 5.74) is 3.40. The van der Waals surface area contributed by atoms with Gasteiger partial charge in [-0.3, -0.25) is 0 Å². The number of nitrogens with zero attached hydrogens (tertiary/aromatic N) is 1. The summed E-state index contributed by atoms with van der Waals surface area (Å²) in [6.45, 7) is 0. The van der Waals surface area contributed by atoms with Crippen molar-refractivity contribution >= 4 is 10.9 Å². The maximum Gasteiger partial charge on any atom is 0.161 e. The van der Waals surface area contributed by atoms with E-state index in [9.17, 15) is 0 Å². The highest BCUT2D eigenvalue weighted by Crippen LogP contribution is 2.35. The summed E-state index contributed by atoms with van der Waals surface area (Å²) in [7, 11) is 0. The largest absolute Gasteiger partial charge is 0.458 e. The minimum Gasteiger partial charge on any atom is -0.458 e. The maximum atomic E-state index is 6.08. The van der Waals surface area contributed by atoms with E-state index >= 15 is 0 Å². The van der Waals surface area contributed by atoms with Gasteiger partial charge in [-0.15, -0.1) is 0 Å². The van der Waals surface area contributed by atoms with Crippen molar-refractivity contribution in [2.24, 2.45) is 0 Å². The van der Waals surface area contributed by atoms with Crippen molar-refractivity contribution in [2.75, 3.05) is 0 Å². The van der Waals surface area contributed by atoms with Gasteiger partial charge in [0.05, 0.1) is 5.52 Å². The van der Waals surface area contributed by atoms with E-state index in [0.29, 0.717) is 0 Å². The number of rotatable bonds is 0. The molecule has 0 radical (unpaired) electrons. The second kappa shape index (κ2) is 3.33. The van der Waals surface area contributed by atoms with Crippen molar-refractivity contribution in [3.63, 3.8) is 0 Å². The standard InChI is InChI=1S/C15H13NO/c1-4-8-14-10(5-1)9-13-15(17-14)11-6-2-3-7-12(11)16-13/h2-3,6-7,9H,1,4-5,8H2. The summed E-state index contributed by atoms with van der Waals surface area (Å²) in [4.78, 5) is 4.63. The first-order chi connectivity index (χ1) is 8.42. The highest BCUT2D eigenvalue weighted by Gasteiger charge is 2.19. The molecule has 4 rings (SSSR count). The molecule has 2 heterocycles. The van der Waals surface area contributed by atoms with Crippen LogP contribution in [0.5, 0.6) is 0 Å². The Hall–Kier alpha value is -1.83. The molecule has 0 spiro atoms. The maximum absolute atomic E-state index is 6.08. The summed E-state index contributed by atoms with van der Waals surface area (Å²) in [6.07, 6.45) is 4.73. The predicted molar refractivity (Wildman–Crippen MR) is 67.3 cm³/mol. The Morgan fingerprint density at radius 1 is 1.06 bits per heavy atom. The average Bonchev–Trinajstić information content (AvgIpc) is 2.73. The summed E-state index contributed by atoms with van der Waals surface area (Å²) >= 11 is 0. The van der Waals surface area contributed by atoms with Crippen LogP contribution < -0.4 is 0 Å². The van der Waals surface area contributed by atoms with E-state index in [1.807, 2.05) is 18.2 Å². The molecule has 17 heavy (non-hydrogen) atoms. The summed E-state index contributed by atoms with van der Waals surface area (Å²) in [6, 6.07) is 10.4. The molecule has 2 nitrogen and oxygen atoms in total. The van der Waals surface area contributed by atoms with Gasteiger partial charge in [-0.2, -0.15) is 0 Å². The zero-order valence-electron chi connectivity index (χ0n) is 9.57. The van der Waals surface area contributed by atoms with E-state index in [-0.39, 0.29) is 0 Å². The normalized spacial score (nSPS) is 15.3. The fraction of sp³-hybridized carbons (Fsp3) is 0.267. The lowest BCUT2D eigenvalue weighted by Gasteiger charge is -2.15. The molecule has 2 aliphatic heterocycles. The zero-order chi connectivity index (χ0) is 11.2. The van der Waals surface area contributed by atoms with Crippen molar-refractivity contribution in [3.8, 4) is 11.5 Å². The third-order valence-corrected chi connectivity index (χ3v) is 3.62. The zero-order valence-corrected chi connectivity index (χ0v) is 9.57. The number of hydrogen-bond acceptors (Lipinski definition) is 2. The first-order valence-corrected chi connectivity index (χ1v) is 6.22. The Labute approximate surface area is 99.6 Å². The molecule has 0 atom stereocenters. The molecule has 84 valence electrons. The molecule has 0 unspecified atom stereocenters. The topological polar surface area (TPSA) is 26.0 Å². The Bertz CT molecular complexity index is 668. The quantitative estimate of drug-likeness (QED) is 0.579. The van der Waals surface area contributed by atoms with Crippen LogP contribution in [0, 0.1) is 0 Å². The molecular formula is C15H13NO. The molecule has 0 amide bonds. The third kappa shape index (κ3) is 1.30. The molecule has 0 saturated heterocycles. The first kappa shape index (κ1) is 9.23. The van der Waals surface area contributed by atoms with Crippen LogP contribution >= 0.6 is 0 Å². The van der Waals surface area contributed by atoms with Gasteiger partial charge < -0.3 is 4.42 Å². The van der Waals surface area contributed by atoms with Crippen LogP contribution in [-0.4, -0.2) is 4.98 Å². The second-order valence-electron chi connectivity index (χ2n) is 4.75. The van der Waals surface area contributed by atoms with E-state index < -0.39 is 0 Å². The molecule has 2 heteroatoms. The van der Waals surface area contributed by atoms with Gasteiger partial charge in [0.15, 0.2) is 5.76 Å². The van der Waals surface area contributed by atoms with Gasteiger partial charge in [-0.1, -0.05) is 12.1 Å². The minimum atomic E-state index is 0.959. The molecule has 1 aromatic rings. The fourth-order valence-electron chi connectivity index (χ4n) is 2.75. The van der Waals surface area contributed by atoms with Gasteiger partial charge in [-0.25, -0.2) is 4.98 Å². The number of para-hydroxylation sites is 1. The SMILES string of the molecule is c1ccc2c3oc4c(cc-3nc2c1)CCCC4. The van der Waals surface area contributed by atoms with Crippen molar-refractivity contribution in [1.29, 1.82) is 0 Å². The minimum absolute atomic E-state index is 0.959. The van der Waals surface area contributed by atoms with Crippen molar-refractivity contribution < 1.29 is 4.42 Å². The average molecular weight is 223 g/mol. The second-order valence-corrected chi connectivity index (χ2v) is 4.75. The smallest absolute Gasteiger partial charge is 0.161 e. The van der Waals surface area contributed by atoms with Crippen molar-refractivity contribution in [2.45, 2.75) is 25.7 Å². The van der Waals surface area contributed by atoms with Crippen LogP contribution in [0.25, 0.3) is 22.4 Å². The number of fused-ring (bicyclic) bond motifs is 4. The lowest BCUT2D eigenvalue weighted by Crippen LogP contribution is -2.03. The van der Waals surface area contributed by atoms with Crippen LogP contribution in [0.15, 0.2) is 34.7 Å². The van der Waals surface area contributed by atoms with Gasteiger partial charge in [-0.05, 0) is 43.0 Å². The summed E-state index contributed by atoms with van der Waals surface area (Å²) in [5.74, 6) is 2.13. The highest BCUT2D eigenvalue weighted by molar-refractivity contribution is 5.94. The van der Waals surface area contributed by atoms with Gasteiger partial charge >= 0.3 is 0 Å². The van der Waals surface area contributed by atoms with Crippen molar-refractivity contribution in [1.82, 2.24) is 4.98 Å². The predicted octanol–water partition coefficient (Wildman–Crippen LogP) is 3.81. The van der Waals surface area contributed by atoms with E-state index in [1.165, 1.54) is 24.2 Å². The molecular weight excluding hydrogens is 210 g/mol. The van der Waals surface area contributed by atoms with Gasteiger partial charge in [0.2, 0.25) is 0 Å². The monoisotopic (exact) mass is 223 g/mol. The number of aromatic nitrogens is 1. The van der Waals surface area contributed by atoms with Crippen LogP contribution in [0.3, 0.4) is 0 Å². The Morgan fingerprint density at radius 3 is 2.94 bits per heavy atom.